The quantitative estimate of drug-likeness (QED) is 0.486. The number of aryl methyl sites for hydroxylation is 1. The minimum atomic E-state index is -0.464. The van der Waals surface area contributed by atoms with Crippen molar-refractivity contribution in [1.29, 1.82) is 0 Å². The van der Waals surface area contributed by atoms with Crippen molar-refractivity contribution in [2.75, 3.05) is 30.9 Å². The zero-order valence-corrected chi connectivity index (χ0v) is 19.4. The Labute approximate surface area is 195 Å². The second-order valence-electron chi connectivity index (χ2n) is 8.59. The van der Waals surface area contributed by atoms with Gasteiger partial charge in [-0.15, -0.1) is 0 Å². The number of nitrogens with one attached hydrogen (secondary N) is 1. The second kappa shape index (κ2) is 10.0. The van der Waals surface area contributed by atoms with E-state index in [0.717, 1.165) is 42.7 Å². The summed E-state index contributed by atoms with van der Waals surface area (Å²) in [5.41, 5.74) is 7.08. The van der Waals surface area contributed by atoms with Gasteiger partial charge in [0.1, 0.15) is 0 Å². The lowest BCUT2D eigenvalue weighted by atomic mass is 9.82. The number of hydrogen-bond donors (Lipinski definition) is 2. The van der Waals surface area contributed by atoms with Gasteiger partial charge in [0.2, 0.25) is 0 Å². The monoisotopic (exact) mass is 445 g/mol. The van der Waals surface area contributed by atoms with E-state index in [9.17, 15) is 9.90 Å². The molecule has 2 atom stereocenters. The van der Waals surface area contributed by atoms with Crippen molar-refractivity contribution in [2.24, 2.45) is 0 Å². The highest BCUT2D eigenvalue weighted by molar-refractivity contribution is 5.95. The summed E-state index contributed by atoms with van der Waals surface area (Å²) < 4.78 is 4.89. The molecule has 0 spiro atoms. The number of rotatable bonds is 7. The SMILES string of the molecule is COC(=O)c1ccncc1NCC1CCCc2cc(N(C)c3ccc([C@@H](C)O)cc3)ccc21. The van der Waals surface area contributed by atoms with Crippen LogP contribution in [-0.4, -0.2) is 36.8 Å². The first kappa shape index (κ1) is 22.8. The molecule has 1 aromatic heterocycles. The largest absolute Gasteiger partial charge is 0.465 e. The third-order valence-corrected chi connectivity index (χ3v) is 6.48. The Balaban J connectivity index is 1.50. The Morgan fingerprint density at radius 1 is 1.21 bits per heavy atom. The van der Waals surface area contributed by atoms with E-state index in [1.54, 1.807) is 25.4 Å². The molecule has 0 fully saturated rings. The lowest BCUT2D eigenvalue weighted by molar-refractivity contribution is 0.0601. The normalized spacial score (nSPS) is 15.9. The third kappa shape index (κ3) is 5.01. The number of carbonyl (C=O) groups excluding carboxylic acids is 1. The number of aromatic nitrogens is 1. The van der Waals surface area contributed by atoms with E-state index in [1.807, 2.05) is 24.3 Å². The molecule has 1 aliphatic rings. The van der Waals surface area contributed by atoms with Gasteiger partial charge in [-0.3, -0.25) is 4.98 Å². The Hall–Kier alpha value is -3.38. The van der Waals surface area contributed by atoms with Gasteiger partial charge >= 0.3 is 5.97 Å². The van der Waals surface area contributed by atoms with Gasteiger partial charge in [0.25, 0.3) is 0 Å². The summed E-state index contributed by atoms with van der Waals surface area (Å²) in [7, 11) is 3.46. The van der Waals surface area contributed by atoms with Crippen molar-refractivity contribution in [3.63, 3.8) is 0 Å². The van der Waals surface area contributed by atoms with E-state index in [4.69, 9.17) is 4.74 Å². The van der Waals surface area contributed by atoms with Crippen molar-refractivity contribution in [2.45, 2.75) is 38.2 Å². The Morgan fingerprint density at radius 2 is 1.97 bits per heavy atom. The first-order valence-electron chi connectivity index (χ1n) is 11.4. The number of fused-ring (bicyclic) bond motifs is 1. The molecule has 1 aliphatic carbocycles. The standard InChI is InChI=1S/C27H31N3O3/c1-18(31)19-7-9-22(10-8-19)30(2)23-11-12-24-20(15-23)5-4-6-21(24)16-29-26-17-28-14-13-25(26)27(32)33-3/h7-15,17-18,21,29,31H,4-6,16H2,1-3H3/t18-,21?/m1/s1. The molecule has 0 radical (unpaired) electrons. The molecule has 6 heteroatoms. The van der Waals surface area contributed by atoms with Crippen LogP contribution < -0.4 is 10.2 Å². The maximum Gasteiger partial charge on any atom is 0.340 e. The van der Waals surface area contributed by atoms with Crippen LogP contribution in [0.2, 0.25) is 0 Å². The minimum absolute atomic E-state index is 0.363. The number of benzene rings is 2. The molecule has 0 bridgehead atoms. The zero-order chi connectivity index (χ0) is 23.4. The van der Waals surface area contributed by atoms with Crippen LogP contribution in [0.15, 0.2) is 60.9 Å². The van der Waals surface area contributed by atoms with Crippen LogP contribution in [-0.2, 0) is 11.2 Å². The number of pyridine rings is 1. The summed E-state index contributed by atoms with van der Waals surface area (Å²) >= 11 is 0. The number of hydrogen-bond acceptors (Lipinski definition) is 6. The number of ether oxygens (including phenoxy) is 1. The Kier molecular flexibility index (Phi) is 6.94. The van der Waals surface area contributed by atoms with E-state index in [0.29, 0.717) is 17.2 Å². The first-order valence-corrected chi connectivity index (χ1v) is 11.4. The number of anilines is 3. The summed E-state index contributed by atoms with van der Waals surface area (Å²) in [6.45, 7) is 2.51. The van der Waals surface area contributed by atoms with Crippen LogP contribution in [0, 0.1) is 0 Å². The number of esters is 1. The fraction of sp³-hybridized carbons (Fsp3) is 0.333. The van der Waals surface area contributed by atoms with E-state index >= 15 is 0 Å². The van der Waals surface area contributed by atoms with Crippen molar-refractivity contribution in [1.82, 2.24) is 4.98 Å². The molecule has 0 aliphatic heterocycles. The van der Waals surface area contributed by atoms with Gasteiger partial charge in [0, 0.05) is 37.1 Å². The van der Waals surface area contributed by atoms with Gasteiger partial charge in [-0.25, -0.2) is 4.79 Å². The summed E-state index contributed by atoms with van der Waals surface area (Å²) in [5, 5.41) is 13.2. The molecule has 33 heavy (non-hydrogen) atoms. The van der Waals surface area contributed by atoms with Gasteiger partial charge in [-0.2, -0.15) is 0 Å². The molecule has 4 rings (SSSR count). The van der Waals surface area contributed by atoms with E-state index in [1.165, 1.54) is 18.2 Å². The molecule has 0 saturated carbocycles. The number of carbonyl (C=O) groups is 1. The van der Waals surface area contributed by atoms with Gasteiger partial charge < -0.3 is 20.1 Å². The van der Waals surface area contributed by atoms with Crippen LogP contribution >= 0.6 is 0 Å². The summed E-state index contributed by atoms with van der Waals surface area (Å²) in [6.07, 6.45) is 6.11. The smallest absolute Gasteiger partial charge is 0.340 e. The average Bonchev–Trinajstić information content (AvgIpc) is 2.86. The van der Waals surface area contributed by atoms with Crippen molar-refractivity contribution in [3.05, 3.63) is 83.2 Å². The Morgan fingerprint density at radius 3 is 2.70 bits per heavy atom. The zero-order valence-electron chi connectivity index (χ0n) is 19.4. The molecular formula is C27H31N3O3. The number of nitrogens with zero attached hydrogens (tertiary/aromatic N) is 2. The fourth-order valence-electron chi connectivity index (χ4n) is 4.50. The summed E-state index contributed by atoms with van der Waals surface area (Å²) in [6, 6.07) is 16.4. The number of methoxy groups -OCH3 is 1. The number of aliphatic hydroxyl groups excluding tert-OH is 1. The summed E-state index contributed by atoms with van der Waals surface area (Å²) in [5.74, 6) is 0.00207. The highest BCUT2D eigenvalue weighted by Crippen LogP contribution is 2.36. The number of aliphatic hydroxyl groups is 1. The molecule has 1 heterocycles. The van der Waals surface area contributed by atoms with E-state index in [-0.39, 0.29) is 5.97 Å². The van der Waals surface area contributed by atoms with E-state index < -0.39 is 6.10 Å². The lowest BCUT2D eigenvalue weighted by Gasteiger charge is -2.28. The first-order chi connectivity index (χ1) is 16.0. The van der Waals surface area contributed by atoms with Crippen molar-refractivity contribution < 1.29 is 14.6 Å². The molecule has 0 saturated heterocycles. The van der Waals surface area contributed by atoms with Crippen LogP contribution in [0.4, 0.5) is 17.1 Å². The van der Waals surface area contributed by atoms with Crippen molar-refractivity contribution >= 4 is 23.0 Å². The fourth-order valence-corrected chi connectivity index (χ4v) is 4.50. The van der Waals surface area contributed by atoms with Gasteiger partial charge in [0.05, 0.1) is 30.7 Å². The second-order valence-corrected chi connectivity index (χ2v) is 8.59. The molecular weight excluding hydrogens is 414 g/mol. The maximum atomic E-state index is 12.0. The highest BCUT2D eigenvalue weighted by atomic mass is 16.5. The van der Waals surface area contributed by atoms with Crippen LogP contribution in [0.3, 0.4) is 0 Å². The van der Waals surface area contributed by atoms with Gasteiger partial charge in [-0.1, -0.05) is 18.2 Å². The summed E-state index contributed by atoms with van der Waals surface area (Å²) in [4.78, 5) is 18.4. The van der Waals surface area contributed by atoms with Crippen LogP contribution in [0.1, 0.15) is 58.8 Å². The van der Waals surface area contributed by atoms with Gasteiger partial charge in [-0.05, 0) is 73.2 Å². The topological polar surface area (TPSA) is 74.7 Å². The molecule has 3 aromatic rings. The molecule has 6 nitrogen and oxygen atoms in total. The lowest BCUT2D eigenvalue weighted by Crippen LogP contribution is -2.20. The molecule has 2 aromatic carbocycles. The minimum Gasteiger partial charge on any atom is -0.465 e. The van der Waals surface area contributed by atoms with E-state index in [2.05, 4.69) is 40.4 Å². The maximum absolute atomic E-state index is 12.0. The van der Waals surface area contributed by atoms with Crippen molar-refractivity contribution in [3.8, 4) is 0 Å². The molecule has 172 valence electrons. The average molecular weight is 446 g/mol. The van der Waals surface area contributed by atoms with Crippen LogP contribution in [0.5, 0.6) is 0 Å². The molecule has 1 unspecified atom stereocenters. The van der Waals surface area contributed by atoms with Gasteiger partial charge in [0.15, 0.2) is 0 Å². The van der Waals surface area contributed by atoms with Crippen LogP contribution in [0.25, 0.3) is 0 Å². The molecule has 0 amide bonds. The Bertz CT molecular complexity index is 1110. The highest BCUT2D eigenvalue weighted by Gasteiger charge is 2.22. The predicted octanol–water partition coefficient (Wildman–Crippen LogP) is 5.22. The third-order valence-electron chi connectivity index (χ3n) is 6.48. The molecule has 2 N–H and O–H groups in total. The predicted molar refractivity (Wildman–Crippen MR) is 131 cm³/mol.